The zero-order chi connectivity index (χ0) is 10.8. The summed E-state index contributed by atoms with van der Waals surface area (Å²) in [5.74, 6) is -0.124. The van der Waals surface area contributed by atoms with Gasteiger partial charge in [-0.25, -0.2) is 4.98 Å². The minimum atomic E-state index is -0.124. The van der Waals surface area contributed by atoms with Crippen molar-refractivity contribution in [1.82, 2.24) is 9.88 Å². The molecule has 0 atom stereocenters. The van der Waals surface area contributed by atoms with Crippen LogP contribution in [0.4, 0.5) is 0 Å². The van der Waals surface area contributed by atoms with Crippen LogP contribution in [0.2, 0.25) is 0 Å². The number of pyridine rings is 1. The van der Waals surface area contributed by atoms with Crippen LogP contribution in [0.5, 0.6) is 0 Å². The average molecular weight is 202 g/mol. The molecule has 2 heterocycles. The van der Waals surface area contributed by atoms with Gasteiger partial charge in [-0.15, -0.1) is 0 Å². The molecular formula is C10H10N4O. The molecule has 2 N–H and O–H groups in total. The number of aromatic nitrogens is 1. The Bertz CT molecular complexity index is 414. The molecule has 0 aliphatic carbocycles. The van der Waals surface area contributed by atoms with E-state index in [4.69, 9.17) is 11.0 Å². The Morgan fingerprint density at radius 3 is 2.80 bits per heavy atom. The van der Waals surface area contributed by atoms with E-state index in [0.29, 0.717) is 24.3 Å². The van der Waals surface area contributed by atoms with E-state index in [-0.39, 0.29) is 11.9 Å². The highest BCUT2D eigenvalue weighted by Gasteiger charge is 2.28. The van der Waals surface area contributed by atoms with Crippen molar-refractivity contribution in [2.24, 2.45) is 5.73 Å². The van der Waals surface area contributed by atoms with Crippen LogP contribution in [-0.2, 0) is 0 Å². The summed E-state index contributed by atoms with van der Waals surface area (Å²) in [4.78, 5) is 17.3. The highest BCUT2D eigenvalue weighted by molar-refractivity contribution is 5.92. The van der Waals surface area contributed by atoms with Gasteiger partial charge in [-0.05, 0) is 12.1 Å². The SMILES string of the molecule is N#Cc1ccc(C(=O)N2CC(N)C2)nc1. The summed E-state index contributed by atoms with van der Waals surface area (Å²) in [7, 11) is 0. The minimum absolute atomic E-state index is 0.0901. The lowest BCUT2D eigenvalue weighted by Crippen LogP contribution is -2.57. The molecule has 0 spiro atoms. The lowest BCUT2D eigenvalue weighted by Gasteiger charge is -2.36. The molecule has 5 heteroatoms. The predicted molar refractivity (Wildman–Crippen MR) is 52.8 cm³/mol. The molecule has 5 nitrogen and oxygen atoms in total. The molecule has 0 unspecified atom stereocenters. The molecule has 1 aliphatic heterocycles. The van der Waals surface area contributed by atoms with E-state index >= 15 is 0 Å². The van der Waals surface area contributed by atoms with Crippen LogP contribution in [0, 0.1) is 11.3 Å². The summed E-state index contributed by atoms with van der Waals surface area (Å²) in [5.41, 5.74) is 6.39. The third-order valence-corrected chi connectivity index (χ3v) is 2.31. The first-order valence-corrected chi connectivity index (χ1v) is 4.61. The van der Waals surface area contributed by atoms with Crippen LogP contribution in [0.15, 0.2) is 18.3 Å². The number of nitrogens with zero attached hydrogens (tertiary/aromatic N) is 3. The molecule has 0 saturated carbocycles. The van der Waals surface area contributed by atoms with E-state index in [1.165, 1.54) is 6.20 Å². The van der Waals surface area contributed by atoms with Gasteiger partial charge in [-0.3, -0.25) is 4.79 Å². The second kappa shape index (κ2) is 3.67. The highest BCUT2D eigenvalue weighted by atomic mass is 16.2. The molecule has 0 bridgehead atoms. The van der Waals surface area contributed by atoms with E-state index in [0.717, 1.165) is 0 Å². The van der Waals surface area contributed by atoms with Crippen molar-refractivity contribution in [3.8, 4) is 6.07 Å². The third-order valence-electron chi connectivity index (χ3n) is 2.31. The van der Waals surface area contributed by atoms with Gasteiger partial charge in [-0.2, -0.15) is 5.26 Å². The number of carbonyl (C=O) groups excluding carboxylic acids is 1. The second-order valence-electron chi connectivity index (χ2n) is 3.51. The van der Waals surface area contributed by atoms with Crippen LogP contribution >= 0.6 is 0 Å². The summed E-state index contributed by atoms with van der Waals surface area (Å²) in [6.07, 6.45) is 1.40. The average Bonchev–Trinajstić information content (AvgIpc) is 2.24. The maximum absolute atomic E-state index is 11.7. The molecule has 1 aromatic heterocycles. The molecular weight excluding hydrogens is 192 g/mol. The number of amides is 1. The number of carbonyl (C=O) groups is 1. The Balaban J connectivity index is 2.10. The van der Waals surface area contributed by atoms with Crippen molar-refractivity contribution in [2.75, 3.05) is 13.1 Å². The monoisotopic (exact) mass is 202 g/mol. The lowest BCUT2D eigenvalue weighted by molar-refractivity contribution is 0.0602. The van der Waals surface area contributed by atoms with Gasteiger partial charge in [0, 0.05) is 25.3 Å². The topological polar surface area (TPSA) is 83.0 Å². The summed E-state index contributed by atoms with van der Waals surface area (Å²) in [6, 6.07) is 5.18. The third kappa shape index (κ3) is 1.80. The fourth-order valence-corrected chi connectivity index (χ4v) is 1.43. The number of nitrogens with two attached hydrogens (primary N) is 1. The second-order valence-corrected chi connectivity index (χ2v) is 3.51. The van der Waals surface area contributed by atoms with Crippen LogP contribution in [0.3, 0.4) is 0 Å². The maximum atomic E-state index is 11.7. The van der Waals surface area contributed by atoms with E-state index in [9.17, 15) is 4.79 Å². The Hall–Kier alpha value is -1.93. The van der Waals surface area contributed by atoms with Crippen molar-refractivity contribution in [3.05, 3.63) is 29.6 Å². The van der Waals surface area contributed by atoms with Crippen LogP contribution in [0.25, 0.3) is 0 Å². The predicted octanol–water partition coefficient (Wildman–Crippen LogP) is -0.264. The van der Waals surface area contributed by atoms with Gasteiger partial charge >= 0.3 is 0 Å². The first-order valence-electron chi connectivity index (χ1n) is 4.61. The van der Waals surface area contributed by atoms with Crippen molar-refractivity contribution >= 4 is 5.91 Å². The molecule has 1 saturated heterocycles. The number of rotatable bonds is 1. The standard InChI is InChI=1S/C10H10N4O/c11-3-7-1-2-9(13-4-7)10(15)14-5-8(12)6-14/h1-2,4,8H,5-6,12H2. The van der Waals surface area contributed by atoms with Crippen LogP contribution < -0.4 is 5.73 Å². The Labute approximate surface area is 87.1 Å². The van der Waals surface area contributed by atoms with E-state index in [1.54, 1.807) is 17.0 Å². The molecule has 15 heavy (non-hydrogen) atoms. The number of hydrogen-bond acceptors (Lipinski definition) is 4. The number of hydrogen-bond donors (Lipinski definition) is 1. The van der Waals surface area contributed by atoms with Gasteiger partial charge in [0.05, 0.1) is 5.56 Å². The van der Waals surface area contributed by atoms with E-state index in [1.807, 2.05) is 6.07 Å². The zero-order valence-corrected chi connectivity index (χ0v) is 8.05. The van der Waals surface area contributed by atoms with Gasteiger partial charge < -0.3 is 10.6 Å². The highest BCUT2D eigenvalue weighted by Crippen LogP contribution is 2.10. The van der Waals surface area contributed by atoms with Crippen molar-refractivity contribution in [1.29, 1.82) is 5.26 Å². The summed E-state index contributed by atoms with van der Waals surface area (Å²) in [6.45, 7) is 1.17. The first kappa shape index (κ1) is 9.62. The van der Waals surface area contributed by atoms with Gasteiger partial charge in [0.2, 0.25) is 0 Å². The van der Waals surface area contributed by atoms with Crippen molar-refractivity contribution in [2.45, 2.75) is 6.04 Å². The Morgan fingerprint density at radius 2 is 2.33 bits per heavy atom. The molecule has 2 rings (SSSR count). The molecule has 76 valence electrons. The summed E-state index contributed by atoms with van der Waals surface area (Å²) < 4.78 is 0. The molecule has 1 aromatic rings. The van der Waals surface area contributed by atoms with E-state index in [2.05, 4.69) is 4.98 Å². The van der Waals surface area contributed by atoms with Gasteiger partial charge in [-0.1, -0.05) is 0 Å². The quantitative estimate of drug-likeness (QED) is 0.679. The first-order chi connectivity index (χ1) is 7.20. The molecule has 1 amide bonds. The Morgan fingerprint density at radius 1 is 1.60 bits per heavy atom. The molecule has 1 fully saturated rings. The zero-order valence-electron chi connectivity index (χ0n) is 8.05. The van der Waals surface area contributed by atoms with Crippen molar-refractivity contribution < 1.29 is 4.79 Å². The van der Waals surface area contributed by atoms with Gasteiger partial charge in [0.1, 0.15) is 11.8 Å². The van der Waals surface area contributed by atoms with Crippen molar-refractivity contribution in [3.63, 3.8) is 0 Å². The molecule has 1 aliphatic rings. The van der Waals surface area contributed by atoms with Crippen LogP contribution in [-0.4, -0.2) is 34.9 Å². The summed E-state index contributed by atoms with van der Waals surface area (Å²) >= 11 is 0. The normalized spacial score (nSPS) is 15.6. The fraction of sp³-hybridized carbons (Fsp3) is 0.300. The smallest absolute Gasteiger partial charge is 0.272 e. The summed E-state index contributed by atoms with van der Waals surface area (Å²) in [5, 5.41) is 8.57. The van der Waals surface area contributed by atoms with Gasteiger partial charge in [0.15, 0.2) is 0 Å². The maximum Gasteiger partial charge on any atom is 0.272 e. The number of likely N-dealkylation sites (tertiary alicyclic amines) is 1. The van der Waals surface area contributed by atoms with Gasteiger partial charge in [0.25, 0.3) is 5.91 Å². The van der Waals surface area contributed by atoms with Crippen LogP contribution in [0.1, 0.15) is 16.1 Å². The fourth-order valence-electron chi connectivity index (χ4n) is 1.43. The Kier molecular flexibility index (Phi) is 2.35. The molecule has 0 radical (unpaired) electrons. The molecule has 0 aromatic carbocycles. The van der Waals surface area contributed by atoms with E-state index < -0.39 is 0 Å². The lowest BCUT2D eigenvalue weighted by atomic mass is 10.1. The number of nitriles is 1. The largest absolute Gasteiger partial charge is 0.334 e. The minimum Gasteiger partial charge on any atom is -0.334 e.